The molecule has 0 bridgehead atoms. The molecule has 50 heavy (non-hydrogen) atoms. The highest BCUT2D eigenvalue weighted by Crippen LogP contribution is 2.30. The molecule has 1 aliphatic rings. The van der Waals surface area contributed by atoms with Gasteiger partial charge in [-0.05, 0) is 80.3 Å². The molecule has 0 aliphatic carbocycles. The van der Waals surface area contributed by atoms with Gasteiger partial charge in [0, 0.05) is 70.6 Å². The van der Waals surface area contributed by atoms with E-state index in [0.717, 1.165) is 49.9 Å². The molecular weight excluding hydrogens is 657 g/mol. The fourth-order valence-corrected chi connectivity index (χ4v) is 6.97. The van der Waals surface area contributed by atoms with Gasteiger partial charge in [0.2, 0.25) is 0 Å². The van der Waals surface area contributed by atoms with E-state index in [1.54, 1.807) is 11.1 Å². The molecule has 284 valence electrons. The number of nitrogens with zero attached hydrogens (tertiary/aromatic N) is 3. The molecule has 0 saturated carbocycles. The standard InChI is InChI=1S/C37H64N6O6S/c1-6-27(4)32(8-3)33(28(5)7-2)10-9-15-39-37(50)40-30-13-11-29(12-14-30)22-31-23-42(25-35(46)47)19-17-38-16-18-41(24-34(44)45)20-21-43(31)26-36(48)49/h11-14,27-28,31,35,38,46-47H,6-10,15-26H2,1-5H3,(H,44,45)(H,48,49)(H2,39,40,50)/b33-32-. The van der Waals surface area contributed by atoms with E-state index in [9.17, 15) is 30.0 Å². The molecule has 0 amide bonds. The second-order valence-electron chi connectivity index (χ2n) is 13.6. The van der Waals surface area contributed by atoms with Gasteiger partial charge in [0.1, 0.15) is 0 Å². The summed E-state index contributed by atoms with van der Waals surface area (Å²) in [4.78, 5) is 29.1. The zero-order valence-electron chi connectivity index (χ0n) is 31.0. The number of benzene rings is 1. The quantitative estimate of drug-likeness (QED) is 0.0512. The molecule has 1 saturated heterocycles. The molecule has 0 spiro atoms. The Kier molecular flexibility index (Phi) is 20.7. The van der Waals surface area contributed by atoms with Crippen LogP contribution in [0.25, 0.3) is 0 Å². The number of hydrogen-bond acceptors (Lipinski definition) is 9. The van der Waals surface area contributed by atoms with Crippen molar-refractivity contribution in [1.82, 2.24) is 25.3 Å². The van der Waals surface area contributed by atoms with Crippen LogP contribution in [0.5, 0.6) is 0 Å². The number of aliphatic hydroxyl groups is 2. The fourth-order valence-electron chi connectivity index (χ4n) is 6.75. The normalized spacial score (nSPS) is 19.2. The number of β-amino-alcohol motifs (C(OH)–C–C–N with tert-alkyl or cyclic N) is 2. The van der Waals surface area contributed by atoms with E-state index in [4.69, 9.17) is 12.2 Å². The molecular formula is C37H64N6O6S. The van der Waals surface area contributed by atoms with Gasteiger partial charge < -0.3 is 36.4 Å². The SMILES string of the molecule is CC/C(=C(\CCCNC(=S)Nc1ccc(CC2CN(CC(O)O)CCNCCN(CC(=O)O)CCN2CC(=O)O)cc1)C(C)CC)C(C)CC. The first-order chi connectivity index (χ1) is 23.9. The minimum Gasteiger partial charge on any atom is -0.480 e. The number of aliphatic hydroxyl groups excluding tert-OH is 1. The number of carbonyl (C=O) groups is 2. The van der Waals surface area contributed by atoms with Crippen LogP contribution in [0.4, 0.5) is 5.69 Å². The van der Waals surface area contributed by atoms with Gasteiger partial charge in [-0.3, -0.25) is 24.3 Å². The van der Waals surface area contributed by atoms with Crippen molar-refractivity contribution in [2.75, 3.05) is 77.3 Å². The number of allylic oxidation sites excluding steroid dienone is 2. The molecule has 1 fully saturated rings. The molecule has 3 atom stereocenters. The van der Waals surface area contributed by atoms with Gasteiger partial charge in [0.15, 0.2) is 11.4 Å². The van der Waals surface area contributed by atoms with Crippen molar-refractivity contribution in [3.05, 3.63) is 41.0 Å². The van der Waals surface area contributed by atoms with Crippen LogP contribution in [0.1, 0.15) is 72.3 Å². The maximum atomic E-state index is 12.0. The number of carboxylic acids is 2. The number of aliphatic carboxylic acids is 2. The van der Waals surface area contributed by atoms with E-state index < -0.39 is 18.2 Å². The first kappa shape index (κ1) is 43.5. The Morgan fingerprint density at radius 1 is 0.900 bits per heavy atom. The third-order valence-electron chi connectivity index (χ3n) is 9.82. The Balaban J connectivity index is 2.12. The van der Waals surface area contributed by atoms with Crippen LogP contribution in [0.15, 0.2) is 35.4 Å². The zero-order chi connectivity index (χ0) is 37.1. The Bertz CT molecular complexity index is 1200. The fraction of sp³-hybridized carbons (Fsp3) is 0.703. The number of hydrogen-bond donors (Lipinski definition) is 7. The Hall–Kier alpha value is -2.65. The molecule has 2 rings (SSSR count). The van der Waals surface area contributed by atoms with E-state index in [0.29, 0.717) is 69.2 Å². The van der Waals surface area contributed by atoms with Gasteiger partial charge in [-0.15, -0.1) is 0 Å². The van der Waals surface area contributed by atoms with Gasteiger partial charge >= 0.3 is 11.9 Å². The maximum Gasteiger partial charge on any atom is 0.317 e. The monoisotopic (exact) mass is 720 g/mol. The number of carboxylic acid groups (broad SMARTS) is 2. The van der Waals surface area contributed by atoms with E-state index in [1.165, 1.54) is 0 Å². The van der Waals surface area contributed by atoms with Crippen molar-refractivity contribution in [1.29, 1.82) is 0 Å². The average molecular weight is 721 g/mol. The van der Waals surface area contributed by atoms with Crippen LogP contribution in [-0.2, 0) is 16.0 Å². The van der Waals surface area contributed by atoms with Crippen LogP contribution >= 0.6 is 12.2 Å². The van der Waals surface area contributed by atoms with Crippen molar-refractivity contribution in [3.8, 4) is 0 Å². The third-order valence-corrected chi connectivity index (χ3v) is 10.1. The van der Waals surface area contributed by atoms with Crippen molar-refractivity contribution in [2.45, 2.75) is 85.5 Å². The zero-order valence-corrected chi connectivity index (χ0v) is 31.8. The lowest BCUT2D eigenvalue weighted by molar-refractivity contribution is -0.140. The minimum absolute atomic E-state index is 0.0321. The summed E-state index contributed by atoms with van der Waals surface area (Å²) < 4.78 is 0. The second-order valence-corrected chi connectivity index (χ2v) is 14.0. The lowest BCUT2D eigenvalue weighted by Crippen LogP contribution is -2.53. The lowest BCUT2D eigenvalue weighted by atomic mass is 9.83. The van der Waals surface area contributed by atoms with Gasteiger partial charge in [0.25, 0.3) is 0 Å². The van der Waals surface area contributed by atoms with Crippen LogP contribution in [0, 0.1) is 11.8 Å². The highest BCUT2D eigenvalue weighted by Gasteiger charge is 2.26. The van der Waals surface area contributed by atoms with E-state index in [-0.39, 0.29) is 25.7 Å². The van der Waals surface area contributed by atoms with E-state index in [1.807, 2.05) is 39.0 Å². The molecule has 1 aromatic carbocycles. The van der Waals surface area contributed by atoms with Crippen LogP contribution in [0.3, 0.4) is 0 Å². The van der Waals surface area contributed by atoms with Crippen LogP contribution in [-0.4, -0.2) is 137 Å². The summed E-state index contributed by atoms with van der Waals surface area (Å²) >= 11 is 5.61. The molecule has 3 unspecified atom stereocenters. The molecule has 13 heteroatoms. The molecule has 12 nitrogen and oxygen atoms in total. The summed E-state index contributed by atoms with van der Waals surface area (Å²) in [5, 5.41) is 49.3. The van der Waals surface area contributed by atoms with Gasteiger partial charge in [0.05, 0.1) is 13.1 Å². The van der Waals surface area contributed by atoms with Crippen molar-refractivity contribution < 1.29 is 30.0 Å². The molecule has 0 radical (unpaired) electrons. The third kappa shape index (κ3) is 16.6. The summed E-state index contributed by atoms with van der Waals surface area (Å²) in [5.41, 5.74) is 5.05. The summed E-state index contributed by atoms with van der Waals surface area (Å²) in [6, 6.07) is 7.62. The number of nitrogens with one attached hydrogen (secondary N) is 3. The van der Waals surface area contributed by atoms with Gasteiger partial charge in [-0.25, -0.2) is 0 Å². The largest absolute Gasteiger partial charge is 0.480 e. The van der Waals surface area contributed by atoms with Crippen molar-refractivity contribution in [2.24, 2.45) is 11.8 Å². The number of rotatable bonds is 18. The summed E-state index contributed by atoms with van der Waals surface area (Å²) in [6.07, 6.45) is 4.46. The van der Waals surface area contributed by atoms with Gasteiger partial charge in [-0.1, -0.05) is 57.9 Å². The summed E-state index contributed by atoms with van der Waals surface area (Å²) in [5.74, 6) is -0.717. The van der Waals surface area contributed by atoms with Crippen molar-refractivity contribution >= 4 is 35.0 Å². The van der Waals surface area contributed by atoms with Crippen molar-refractivity contribution in [3.63, 3.8) is 0 Å². The lowest BCUT2D eigenvalue weighted by Gasteiger charge is -2.37. The molecule has 0 aromatic heterocycles. The van der Waals surface area contributed by atoms with Crippen LogP contribution in [0.2, 0.25) is 0 Å². The Morgan fingerprint density at radius 2 is 1.52 bits per heavy atom. The Morgan fingerprint density at radius 3 is 2.10 bits per heavy atom. The number of anilines is 1. The molecule has 1 aromatic rings. The first-order valence-corrected chi connectivity index (χ1v) is 18.8. The smallest absolute Gasteiger partial charge is 0.317 e. The van der Waals surface area contributed by atoms with Crippen LogP contribution < -0.4 is 16.0 Å². The molecule has 7 N–H and O–H groups in total. The first-order valence-electron chi connectivity index (χ1n) is 18.4. The van der Waals surface area contributed by atoms with Gasteiger partial charge in [-0.2, -0.15) is 0 Å². The Labute approximate surface area is 305 Å². The average Bonchev–Trinajstić information content (AvgIpc) is 3.06. The summed E-state index contributed by atoms with van der Waals surface area (Å²) in [6.45, 7) is 15.2. The van der Waals surface area contributed by atoms with E-state index in [2.05, 4.69) is 50.6 Å². The minimum atomic E-state index is -1.53. The summed E-state index contributed by atoms with van der Waals surface area (Å²) in [7, 11) is 0. The molecule has 1 heterocycles. The topological polar surface area (TPSA) is 161 Å². The predicted molar refractivity (Wildman–Crippen MR) is 204 cm³/mol. The highest BCUT2D eigenvalue weighted by molar-refractivity contribution is 7.80. The molecule has 1 aliphatic heterocycles. The predicted octanol–water partition coefficient (Wildman–Crippen LogP) is 3.45. The highest BCUT2D eigenvalue weighted by atomic mass is 32.1. The van der Waals surface area contributed by atoms with E-state index >= 15 is 0 Å². The maximum absolute atomic E-state index is 12.0. The number of thiocarbonyl (C=S) groups is 1. The second kappa shape index (κ2) is 23.8.